The molecule has 0 aliphatic carbocycles. The fraction of sp³-hybridized carbons (Fsp3) is 0.500. The summed E-state index contributed by atoms with van der Waals surface area (Å²) in [5.74, 6) is -1.29. The lowest BCUT2D eigenvalue weighted by Crippen LogP contribution is -2.31. The summed E-state index contributed by atoms with van der Waals surface area (Å²) in [6, 6.07) is 9.96. The Morgan fingerprint density at radius 1 is 1.20 bits per heavy atom. The van der Waals surface area contributed by atoms with Gasteiger partial charge in [0.2, 0.25) is 0 Å². The van der Waals surface area contributed by atoms with Crippen LogP contribution in [0.2, 0.25) is 0 Å². The van der Waals surface area contributed by atoms with Crippen LogP contribution in [0.5, 0.6) is 0 Å². The molecular weight excluding hydrogens is 272 g/mol. The third kappa shape index (κ3) is 5.37. The molecule has 0 radical (unpaired) electrons. The molecule has 2 atom stereocenters. The van der Waals surface area contributed by atoms with Crippen molar-refractivity contribution < 1.29 is 14.7 Å². The molecule has 0 heterocycles. The number of carbonyl (C=O) groups is 2. The largest absolute Gasteiger partial charge is 0.481 e. The number of aliphatic carboxylic acids is 1. The Kier molecular flexibility index (Phi) is 6.79. The van der Waals surface area contributed by atoms with E-state index in [2.05, 4.69) is 0 Å². The van der Waals surface area contributed by atoms with Gasteiger partial charge in [0, 0.05) is 12.2 Å². The molecule has 20 heavy (non-hydrogen) atoms. The Labute approximate surface area is 124 Å². The topological polar surface area (TPSA) is 54.4 Å². The van der Waals surface area contributed by atoms with Crippen molar-refractivity contribution in [1.82, 2.24) is 0 Å². The fourth-order valence-electron chi connectivity index (χ4n) is 2.35. The fourth-order valence-corrected chi connectivity index (χ4v) is 3.59. The molecule has 0 fully saturated rings. The van der Waals surface area contributed by atoms with E-state index in [4.69, 9.17) is 0 Å². The summed E-state index contributed by atoms with van der Waals surface area (Å²) >= 11 is 1.16. The summed E-state index contributed by atoms with van der Waals surface area (Å²) in [7, 11) is 0. The molecule has 0 spiro atoms. The Bertz CT molecular complexity index is 442. The SMILES string of the molecule is CC(=O)S[C@@H](CCc1ccccc1)[C@@H](C(=O)O)C(C)C. The third-order valence-electron chi connectivity index (χ3n) is 3.28. The Hall–Kier alpha value is -1.29. The zero-order chi connectivity index (χ0) is 15.1. The van der Waals surface area contributed by atoms with Gasteiger partial charge in [-0.2, -0.15) is 0 Å². The highest BCUT2D eigenvalue weighted by molar-refractivity contribution is 8.14. The van der Waals surface area contributed by atoms with Crippen molar-refractivity contribution >= 4 is 22.8 Å². The number of aryl methyl sites for hydroxylation is 1. The van der Waals surface area contributed by atoms with Gasteiger partial charge in [0.1, 0.15) is 0 Å². The third-order valence-corrected chi connectivity index (χ3v) is 4.45. The second-order valence-corrected chi connectivity index (χ2v) is 6.70. The standard InChI is InChI=1S/C16H22O3S/c1-11(2)15(16(18)19)14(20-12(3)17)10-9-13-7-5-4-6-8-13/h4-8,11,14-15H,9-10H2,1-3H3,(H,18,19)/t14-,15-/m0/s1. The number of hydrogen-bond donors (Lipinski definition) is 1. The molecule has 3 nitrogen and oxygen atoms in total. The van der Waals surface area contributed by atoms with Gasteiger partial charge in [-0.25, -0.2) is 0 Å². The lowest BCUT2D eigenvalue weighted by Gasteiger charge is -2.25. The highest BCUT2D eigenvalue weighted by Gasteiger charge is 2.32. The number of benzene rings is 1. The highest BCUT2D eigenvalue weighted by Crippen LogP contribution is 2.30. The first-order valence-corrected chi connectivity index (χ1v) is 7.73. The van der Waals surface area contributed by atoms with Gasteiger partial charge in [-0.05, 0) is 24.3 Å². The molecule has 4 heteroatoms. The van der Waals surface area contributed by atoms with Crippen LogP contribution in [0.25, 0.3) is 0 Å². The van der Waals surface area contributed by atoms with Crippen molar-refractivity contribution in [2.45, 2.75) is 38.9 Å². The maximum Gasteiger partial charge on any atom is 0.307 e. The Morgan fingerprint density at radius 3 is 2.25 bits per heavy atom. The second-order valence-electron chi connectivity index (χ2n) is 5.28. The van der Waals surface area contributed by atoms with E-state index >= 15 is 0 Å². The number of hydrogen-bond acceptors (Lipinski definition) is 3. The molecule has 1 aromatic rings. The molecule has 1 N–H and O–H groups in total. The molecule has 0 saturated heterocycles. The van der Waals surface area contributed by atoms with E-state index in [1.807, 2.05) is 44.2 Å². The second kappa shape index (κ2) is 8.10. The average Bonchev–Trinajstić information content (AvgIpc) is 2.35. The van der Waals surface area contributed by atoms with Crippen LogP contribution in [0, 0.1) is 11.8 Å². The average molecular weight is 294 g/mol. The summed E-state index contributed by atoms with van der Waals surface area (Å²) < 4.78 is 0. The summed E-state index contributed by atoms with van der Waals surface area (Å²) in [6.45, 7) is 5.30. The van der Waals surface area contributed by atoms with E-state index in [1.165, 1.54) is 12.5 Å². The lowest BCUT2D eigenvalue weighted by atomic mass is 9.89. The van der Waals surface area contributed by atoms with Gasteiger partial charge in [0.15, 0.2) is 5.12 Å². The van der Waals surface area contributed by atoms with Crippen molar-refractivity contribution in [1.29, 1.82) is 0 Å². The monoisotopic (exact) mass is 294 g/mol. The molecule has 0 unspecified atom stereocenters. The van der Waals surface area contributed by atoms with Crippen LogP contribution in [0.1, 0.15) is 32.8 Å². The molecular formula is C16H22O3S. The predicted octanol–water partition coefficient (Wildman–Crippen LogP) is 3.62. The summed E-state index contributed by atoms with van der Waals surface area (Å²) in [6.07, 6.45) is 1.49. The molecule has 1 rings (SSSR count). The Morgan fingerprint density at radius 2 is 1.80 bits per heavy atom. The first-order valence-electron chi connectivity index (χ1n) is 6.85. The predicted molar refractivity (Wildman–Crippen MR) is 82.8 cm³/mol. The molecule has 0 aliphatic heterocycles. The first kappa shape index (κ1) is 16.8. The van der Waals surface area contributed by atoms with E-state index in [0.29, 0.717) is 6.42 Å². The smallest absolute Gasteiger partial charge is 0.307 e. The van der Waals surface area contributed by atoms with Gasteiger partial charge < -0.3 is 5.11 Å². The molecule has 0 saturated carbocycles. The van der Waals surface area contributed by atoms with Gasteiger partial charge in [-0.1, -0.05) is 55.9 Å². The van der Waals surface area contributed by atoms with Crippen molar-refractivity contribution in [3.05, 3.63) is 35.9 Å². The summed E-state index contributed by atoms with van der Waals surface area (Å²) in [5, 5.41) is 9.21. The molecule has 0 amide bonds. The minimum atomic E-state index is -0.813. The van der Waals surface area contributed by atoms with Gasteiger partial charge >= 0.3 is 5.97 Å². The van der Waals surface area contributed by atoms with Gasteiger partial charge in [-0.3, -0.25) is 9.59 Å². The maximum absolute atomic E-state index is 11.5. The van der Waals surface area contributed by atoms with E-state index in [1.54, 1.807) is 0 Å². The van der Waals surface area contributed by atoms with E-state index in [0.717, 1.165) is 18.2 Å². The number of carboxylic acids is 1. The Balaban J connectivity index is 2.78. The van der Waals surface area contributed by atoms with Crippen molar-refractivity contribution in [3.8, 4) is 0 Å². The summed E-state index contributed by atoms with van der Waals surface area (Å²) in [4.78, 5) is 22.8. The summed E-state index contributed by atoms with van der Waals surface area (Å²) in [5.41, 5.74) is 1.18. The zero-order valence-corrected chi connectivity index (χ0v) is 13.0. The van der Waals surface area contributed by atoms with Crippen molar-refractivity contribution in [2.75, 3.05) is 0 Å². The van der Waals surface area contributed by atoms with E-state index < -0.39 is 11.9 Å². The lowest BCUT2D eigenvalue weighted by molar-refractivity contribution is -0.143. The molecule has 0 bridgehead atoms. The van der Waals surface area contributed by atoms with Crippen molar-refractivity contribution in [2.24, 2.45) is 11.8 Å². The maximum atomic E-state index is 11.5. The first-order chi connectivity index (χ1) is 9.41. The van der Waals surface area contributed by atoms with E-state index in [9.17, 15) is 14.7 Å². The normalized spacial score (nSPS) is 14.0. The number of carbonyl (C=O) groups excluding carboxylic acids is 1. The number of rotatable bonds is 7. The van der Waals surface area contributed by atoms with Crippen LogP contribution < -0.4 is 0 Å². The zero-order valence-electron chi connectivity index (χ0n) is 12.2. The number of carboxylic acid groups (broad SMARTS) is 1. The van der Waals surface area contributed by atoms with Crippen LogP contribution in [-0.2, 0) is 16.0 Å². The van der Waals surface area contributed by atoms with Gasteiger partial charge in [-0.15, -0.1) is 0 Å². The molecule has 0 aliphatic rings. The molecule has 110 valence electrons. The van der Waals surface area contributed by atoms with Crippen molar-refractivity contribution in [3.63, 3.8) is 0 Å². The van der Waals surface area contributed by atoms with Crippen LogP contribution in [0.3, 0.4) is 0 Å². The number of thioether (sulfide) groups is 1. The van der Waals surface area contributed by atoms with Crippen LogP contribution in [0.15, 0.2) is 30.3 Å². The van der Waals surface area contributed by atoms with Gasteiger partial charge in [0.25, 0.3) is 0 Å². The quantitative estimate of drug-likeness (QED) is 0.834. The minimum Gasteiger partial charge on any atom is -0.481 e. The van der Waals surface area contributed by atoms with Crippen LogP contribution in [-0.4, -0.2) is 21.4 Å². The molecule has 0 aromatic heterocycles. The van der Waals surface area contributed by atoms with Gasteiger partial charge in [0.05, 0.1) is 5.92 Å². The molecule has 1 aromatic carbocycles. The van der Waals surface area contributed by atoms with Crippen LogP contribution >= 0.6 is 11.8 Å². The minimum absolute atomic E-state index is 0.0140. The van der Waals surface area contributed by atoms with Crippen LogP contribution in [0.4, 0.5) is 0 Å². The van der Waals surface area contributed by atoms with E-state index in [-0.39, 0.29) is 16.3 Å². The highest BCUT2D eigenvalue weighted by atomic mass is 32.2.